The van der Waals surface area contributed by atoms with Gasteiger partial charge in [0.25, 0.3) is 0 Å². The van der Waals surface area contributed by atoms with E-state index in [1.165, 1.54) is 23.7 Å². The molecule has 2 heterocycles. The average Bonchev–Trinajstić information content (AvgIpc) is 3.11. The van der Waals surface area contributed by atoms with E-state index in [1.807, 2.05) is 0 Å². The summed E-state index contributed by atoms with van der Waals surface area (Å²) in [6.45, 7) is 6.05. The summed E-state index contributed by atoms with van der Waals surface area (Å²) in [5, 5.41) is 12.5. The zero-order chi connectivity index (χ0) is 17.6. The van der Waals surface area contributed by atoms with Crippen LogP contribution in [-0.4, -0.2) is 37.7 Å². The third-order valence-electron chi connectivity index (χ3n) is 5.15. The molecule has 0 aromatic carbocycles. The predicted molar refractivity (Wildman–Crippen MR) is 99.6 cm³/mol. The van der Waals surface area contributed by atoms with Gasteiger partial charge in [-0.2, -0.15) is 0 Å². The Morgan fingerprint density at radius 2 is 2.04 bits per heavy atom. The normalized spacial score (nSPS) is 23.4. The Morgan fingerprint density at radius 1 is 1.28 bits per heavy atom. The smallest absolute Gasteiger partial charge is 0.147 e. The molecule has 2 aromatic rings. The Morgan fingerprint density at radius 3 is 2.64 bits per heavy atom. The van der Waals surface area contributed by atoms with Crippen molar-refractivity contribution < 1.29 is 0 Å². The van der Waals surface area contributed by atoms with E-state index >= 15 is 0 Å². The summed E-state index contributed by atoms with van der Waals surface area (Å²) >= 11 is 1.76. The van der Waals surface area contributed by atoms with Crippen molar-refractivity contribution in [1.29, 1.82) is 0 Å². The summed E-state index contributed by atoms with van der Waals surface area (Å²) in [5.74, 6) is 3.27. The molecule has 4 rings (SSSR count). The predicted octanol–water partition coefficient (Wildman–Crippen LogP) is 3.03. The topological polar surface area (TPSA) is 72.9 Å². The van der Waals surface area contributed by atoms with Crippen molar-refractivity contribution in [2.75, 3.05) is 7.05 Å². The largest absolute Gasteiger partial charge is 0.328 e. The van der Waals surface area contributed by atoms with E-state index in [0.29, 0.717) is 23.9 Å². The lowest BCUT2D eigenvalue weighted by Crippen LogP contribution is -2.36. The molecule has 0 bridgehead atoms. The van der Waals surface area contributed by atoms with Crippen molar-refractivity contribution in [2.45, 2.75) is 76.5 Å². The second-order valence-corrected chi connectivity index (χ2v) is 8.90. The third-order valence-corrected chi connectivity index (χ3v) is 6.35. The lowest BCUT2D eigenvalue weighted by molar-refractivity contribution is 0.296. The van der Waals surface area contributed by atoms with Gasteiger partial charge in [-0.3, -0.25) is 4.90 Å². The highest BCUT2D eigenvalue weighted by Gasteiger charge is 2.36. The molecule has 7 heteroatoms. The fraction of sp³-hybridized carbons (Fsp3) is 0.722. The van der Waals surface area contributed by atoms with Gasteiger partial charge in [0.1, 0.15) is 11.6 Å². The molecule has 2 N–H and O–H groups in total. The molecule has 136 valence electrons. The third kappa shape index (κ3) is 3.64. The highest BCUT2D eigenvalue weighted by molar-refractivity contribution is 7.09. The SMILES string of the molecule is CC(C)c1nc(CN(C)Cc2nnc(C3CC(N)C3)n2C2CC2)cs1. The maximum atomic E-state index is 5.97. The maximum Gasteiger partial charge on any atom is 0.147 e. The van der Waals surface area contributed by atoms with Crippen LogP contribution in [0, 0.1) is 0 Å². The van der Waals surface area contributed by atoms with Gasteiger partial charge in [0, 0.05) is 35.8 Å². The zero-order valence-electron chi connectivity index (χ0n) is 15.4. The van der Waals surface area contributed by atoms with Crippen molar-refractivity contribution in [3.05, 3.63) is 27.7 Å². The van der Waals surface area contributed by atoms with Gasteiger partial charge in [-0.05, 0) is 32.7 Å². The van der Waals surface area contributed by atoms with Gasteiger partial charge >= 0.3 is 0 Å². The second-order valence-electron chi connectivity index (χ2n) is 8.01. The quantitative estimate of drug-likeness (QED) is 0.821. The number of nitrogens with zero attached hydrogens (tertiary/aromatic N) is 5. The van der Waals surface area contributed by atoms with Crippen LogP contribution < -0.4 is 5.73 Å². The van der Waals surface area contributed by atoms with Crippen LogP contribution in [0.4, 0.5) is 0 Å². The van der Waals surface area contributed by atoms with E-state index in [1.54, 1.807) is 11.3 Å². The van der Waals surface area contributed by atoms with Crippen molar-refractivity contribution in [1.82, 2.24) is 24.6 Å². The van der Waals surface area contributed by atoms with Gasteiger partial charge in [0.2, 0.25) is 0 Å². The van der Waals surface area contributed by atoms with Crippen LogP contribution in [0.5, 0.6) is 0 Å². The lowest BCUT2D eigenvalue weighted by atomic mass is 9.80. The molecule has 6 nitrogen and oxygen atoms in total. The van der Waals surface area contributed by atoms with Gasteiger partial charge < -0.3 is 10.3 Å². The molecule has 2 aliphatic rings. The summed E-state index contributed by atoms with van der Waals surface area (Å²) in [6.07, 6.45) is 4.61. The van der Waals surface area contributed by atoms with E-state index in [9.17, 15) is 0 Å². The molecule has 0 radical (unpaired) electrons. The van der Waals surface area contributed by atoms with Crippen LogP contribution in [0.25, 0.3) is 0 Å². The van der Waals surface area contributed by atoms with Crippen LogP contribution in [0.2, 0.25) is 0 Å². The first kappa shape index (κ1) is 17.1. The number of hydrogen-bond donors (Lipinski definition) is 1. The number of hydrogen-bond acceptors (Lipinski definition) is 6. The Bertz CT molecular complexity index is 726. The molecule has 0 aliphatic heterocycles. The van der Waals surface area contributed by atoms with Crippen LogP contribution in [0.15, 0.2) is 5.38 Å². The van der Waals surface area contributed by atoms with Crippen LogP contribution >= 0.6 is 11.3 Å². The standard InChI is InChI=1S/C18H28N6S/c1-11(2)18-20-14(10-25-18)8-23(3)9-16-21-22-17(12-6-13(19)7-12)24(16)15-4-5-15/h10-13,15H,4-9,19H2,1-3H3. The fourth-order valence-electron chi connectivity index (χ4n) is 3.56. The molecule has 0 amide bonds. The summed E-state index contributed by atoms with van der Waals surface area (Å²) in [5.41, 5.74) is 7.12. The Labute approximate surface area is 153 Å². The first-order chi connectivity index (χ1) is 12.0. The molecular formula is C18H28N6S. The molecule has 0 saturated heterocycles. The van der Waals surface area contributed by atoms with Gasteiger partial charge in [-0.1, -0.05) is 13.8 Å². The molecule has 0 unspecified atom stereocenters. The molecular weight excluding hydrogens is 332 g/mol. The van der Waals surface area contributed by atoms with E-state index in [4.69, 9.17) is 10.7 Å². The van der Waals surface area contributed by atoms with Crippen molar-refractivity contribution in [2.24, 2.45) is 5.73 Å². The molecule has 25 heavy (non-hydrogen) atoms. The second kappa shape index (κ2) is 6.78. The van der Waals surface area contributed by atoms with E-state index in [-0.39, 0.29) is 0 Å². The maximum absolute atomic E-state index is 5.97. The van der Waals surface area contributed by atoms with E-state index < -0.39 is 0 Å². The lowest BCUT2D eigenvalue weighted by Gasteiger charge is -2.32. The average molecular weight is 361 g/mol. The Kier molecular flexibility index (Phi) is 4.64. The van der Waals surface area contributed by atoms with Crippen LogP contribution in [0.1, 0.15) is 79.8 Å². The minimum atomic E-state index is 0.347. The van der Waals surface area contributed by atoms with Crippen LogP contribution in [0.3, 0.4) is 0 Å². The highest BCUT2D eigenvalue weighted by atomic mass is 32.1. The Balaban J connectivity index is 1.44. The molecule has 2 aromatic heterocycles. The van der Waals surface area contributed by atoms with E-state index in [0.717, 1.165) is 37.4 Å². The molecule has 2 aliphatic carbocycles. The first-order valence-electron chi connectivity index (χ1n) is 9.33. The molecule has 0 atom stereocenters. The van der Waals surface area contributed by atoms with Gasteiger partial charge in [-0.25, -0.2) is 4.98 Å². The zero-order valence-corrected chi connectivity index (χ0v) is 16.2. The molecule has 0 spiro atoms. The summed E-state index contributed by atoms with van der Waals surface area (Å²) in [6, 6.07) is 0.956. The molecule has 2 fully saturated rings. The summed E-state index contributed by atoms with van der Waals surface area (Å²) in [4.78, 5) is 7.04. The van der Waals surface area contributed by atoms with Gasteiger partial charge in [0.05, 0.1) is 17.2 Å². The van der Waals surface area contributed by atoms with Crippen LogP contribution in [-0.2, 0) is 13.1 Å². The fourth-order valence-corrected chi connectivity index (χ4v) is 4.39. The number of nitrogens with two attached hydrogens (primary N) is 1. The summed E-state index contributed by atoms with van der Waals surface area (Å²) in [7, 11) is 2.14. The number of thiazole rings is 1. The molecule has 2 saturated carbocycles. The van der Waals surface area contributed by atoms with E-state index in [2.05, 4.69) is 45.9 Å². The van der Waals surface area contributed by atoms with Gasteiger partial charge in [-0.15, -0.1) is 21.5 Å². The summed E-state index contributed by atoms with van der Waals surface area (Å²) < 4.78 is 2.41. The Hall–Kier alpha value is -1.31. The monoisotopic (exact) mass is 360 g/mol. The first-order valence-corrected chi connectivity index (χ1v) is 10.2. The minimum Gasteiger partial charge on any atom is -0.328 e. The minimum absolute atomic E-state index is 0.347. The van der Waals surface area contributed by atoms with Crippen molar-refractivity contribution in [3.63, 3.8) is 0 Å². The van der Waals surface area contributed by atoms with Crippen molar-refractivity contribution >= 4 is 11.3 Å². The van der Waals surface area contributed by atoms with Crippen molar-refractivity contribution in [3.8, 4) is 0 Å². The number of rotatable bonds is 7. The van der Waals surface area contributed by atoms with Gasteiger partial charge in [0.15, 0.2) is 0 Å². The number of aromatic nitrogens is 4. The highest BCUT2D eigenvalue weighted by Crippen LogP contribution is 2.42.